The number of hydrogen-bond acceptors (Lipinski definition) is 4. The van der Waals surface area contributed by atoms with Gasteiger partial charge >= 0.3 is 0 Å². The number of nitrogens with one attached hydrogen (secondary N) is 3. The van der Waals surface area contributed by atoms with E-state index >= 15 is 0 Å². The molecule has 2 aromatic rings. The lowest BCUT2D eigenvalue weighted by molar-refractivity contribution is -0.128. The third-order valence-electron chi connectivity index (χ3n) is 3.75. The Balaban J connectivity index is 0.00000144. The zero-order valence-corrected chi connectivity index (χ0v) is 14.8. The van der Waals surface area contributed by atoms with Gasteiger partial charge in [-0.25, -0.2) is 9.37 Å². The molecule has 1 fully saturated rings. The largest absolute Gasteiger partial charge is 0.375 e. The molecule has 9 heteroatoms. The minimum absolute atomic E-state index is 0. The molecule has 134 valence electrons. The molecule has 0 bridgehead atoms. The first-order chi connectivity index (χ1) is 10.6. The Morgan fingerprint density at radius 3 is 3.00 bits per heavy atom. The minimum Gasteiger partial charge on any atom is -0.375 e. The Morgan fingerprint density at radius 2 is 2.25 bits per heavy atom. The van der Waals surface area contributed by atoms with Crippen LogP contribution in [0.5, 0.6) is 0 Å². The molecular formula is C15H21Cl2FN4O2. The second-order valence-corrected chi connectivity index (χ2v) is 5.39. The van der Waals surface area contributed by atoms with Crippen LogP contribution in [0.1, 0.15) is 12.7 Å². The molecule has 0 saturated carbocycles. The van der Waals surface area contributed by atoms with E-state index in [1.807, 2.05) is 6.92 Å². The van der Waals surface area contributed by atoms with Crippen molar-refractivity contribution in [3.8, 4) is 0 Å². The second-order valence-electron chi connectivity index (χ2n) is 5.39. The van der Waals surface area contributed by atoms with Gasteiger partial charge in [0.2, 0.25) is 5.91 Å². The van der Waals surface area contributed by atoms with E-state index in [1.165, 1.54) is 12.1 Å². The lowest BCUT2D eigenvalue weighted by Gasteiger charge is -2.29. The van der Waals surface area contributed by atoms with Crippen molar-refractivity contribution >= 4 is 41.8 Å². The van der Waals surface area contributed by atoms with Gasteiger partial charge < -0.3 is 20.4 Å². The second kappa shape index (κ2) is 9.17. The fourth-order valence-electron chi connectivity index (χ4n) is 2.59. The average molecular weight is 379 g/mol. The highest BCUT2D eigenvalue weighted by Crippen LogP contribution is 2.13. The number of nitrogens with zero attached hydrogens (tertiary/aromatic N) is 1. The zero-order valence-electron chi connectivity index (χ0n) is 13.2. The summed E-state index contributed by atoms with van der Waals surface area (Å²) in [5, 5.41) is 6.01. The maximum Gasteiger partial charge on any atom is 0.239 e. The minimum atomic E-state index is -0.321. The Kier molecular flexibility index (Phi) is 7.89. The third kappa shape index (κ3) is 4.80. The summed E-state index contributed by atoms with van der Waals surface area (Å²) in [5.41, 5.74) is 1.39. The number of morpholine rings is 1. The standard InChI is InChI=1S/C15H19FN4O2.2ClH/c1-9-14(17-6-7-22-9)15(21)18-5-4-13-19-11-3-2-10(16)8-12(11)20-13;;/h2-3,8-9,14,17H,4-7H2,1H3,(H,18,21)(H,19,20);2*1H/t9-,14+;;/m1../s1. The van der Waals surface area contributed by atoms with Gasteiger partial charge in [0.25, 0.3) is 0 Å². The summed E-state index contributed by atoms with van der Waals surface area (Å²) in [6.45, 7) is 3.65. The molecule has 2 heterocycles. The first-order valence-corrected chi connectivity index (χ1v) is 7.40. The van der Waals surface area contributed by atoms with Crippen molar-refractivity contribution in [1.29, 1.82) is 0 Å². The van der Waals surface area contributed by atoms with Gasteiger partial charge in [-0.3, -0.25) is 4.79 Å². The van der Waals surface area contributed by atoms with Crippen molar-refractivity contribution < 1.29 is 13.9 Å². The molecule has 24 heavy (non-hydrogen) atoms. The van der Waals surface area contributed by atoms with Crippen LogP contribution < -0.4 is 10.6 Å². The van der Waals surface area contributed by atoms with E-state index in [-0.39, 0.29) is 48.7 Å². The maximum atomic E-state index is 13.1. The van der Waals surface area contributed by atoms with Crippen LogP contribution in [0.25, 0.3) is 11.0 Å². The molecule has 0 radical (unpaired) electrons. The number of aromatic amines is 1. The van der Waals surface area contributed by atoms with Gasteiger partial charge in [0.05, 0.1) is 23.7 Å². The number of hydrogen-bond donors (Lipinski definition) is 3. The number of carbonyl (C=O) groups excluding carboxylic acids is 1. The number of imidazole rings is 1. The van der Waals surface area contributed by atoms with Crippen LogP contribution in [-0.4, -0.2) is 47.7 Å². The molecule has 1 aromatic carbocycles. The predicted octanol–water partition coefficient (Wildman–Crippen LogP) is 1.58. The predicted molar refractivity (Wildman–Crippen MR) is 94.5 cm³/mol. The lowest BCUT2D eigenvalue weighted by Crippen LogP contribution is -2.55. The normalized spacial score (nSPS) is 20.1. The van der Waals surface area contributed by atoms with E-state index in [9.17, 15) is 9.18 Å². The van der Waals surface area contributed by atoms with Crippen LogP contribution in [0.2, 0.25) is 0 Å². The molecule has 2 atom stereocenters. The number of H-pyrrole nitrogens is 1. The molecule has 6 nitrogen and oxygen atoms in total. The van der Waals surface area contributed by atoms with Gasteiger partial charge in [-0.1, -0.05) is 0 Å². The molecule has 1 aliphatic heterocycles. The summed E-state index contributed by atoms with van der Waals surface area (Å²) < 4.78 is 18.6. The molecule has 1 aliphatic rings. The Hall–Kier alpha value is -1.41. The molecule has 1 amide bonds. The molecule has 0 spiro atoms. The van der Waals surface area contributed by atoms with E-state index in [0.717, 1.165) is 11.3 Å². The number of halogens is 3. The highest BCUT2D eigenvalue weighted by molar-refractivity contribution is 5.85. The van der Waals surface area contributed by atoms with E-state index < -0.39 is 0 Å². The molecule has 3 N–H and O–H groups in total. The van der Waals surface area contributed by atoms with E-state index in [0.29, 0.717) is 31.6 Å². The van der Waals surface area contributed by atoms with Crippen molar-refractivity contribution in [1.82, 2.24) is 20.6 Å². The number of benzene rings is 1. The highest BCUT2D eigenvalue weighted by atomic mass is 35.5. The van der Waals surface area contributed by atoms with Gasteiger partial charge in [-0.2, -0.15) is 0 Å². The number of ether oxygens (including phenoxy) is 1. The highest BCUT2D eigenvalue weighted by Gasteiger charge is 2.27. The summed E-state index contributed by atoms with van der Waals surface area (Å²) in [6.07, 6.45) is 0.423. The van der Waals surface area contributed by atoms with Crippen LogP contribution in [0, 0.1) is 5.82 Å². The van der Waals surface area contributed by atoms with E-state index in [2.05, 4.69) is 20.6 Å². The van der Waals surface area contributed by atoms with Gasteiger partial charge in [0, 0.05) is 19.5 Å². The summed E-state index contributed by atoms with van der Waals surface area (Å²) in [6, 6.07) is 4.10. The molecule has 0 aliphatic carbocycles. The number of amides is 1. The number of fused-ring (bicyclic) bond motifs is 1. The van der Waals surface area contributed by atoms with Crippen LogP contribution in [-0.2, 0) is 16.0 Å². The van der Waals surface area contributed by atoms with Crippen LogP contribution >= 0.6 is 24.8 Å². The van der Waals surface area contributed by atoms with Crippen LogP contribution in [0.4, 0.5) is 4.39 Å². The van der Waals surface area contributed by atoms with E-state index in [1.54, 1.807) is 6.07 Å². The summed E-state index contributed by atoms with van der Waals surface area (Å²) >= 11 is 0. The quantitative estimate of drug-likeness (QED) is 0.754. The summed E-state index contributed by atoms with van der Waals surface area (Å²) in [5.74, 6) is 0.351. The fourth-order valence-corrected chi connectivity index (χ4v) is 2.59. The molecule has 0 unspecified atom stereocenters. The Morgan fingerprint density at radius 1 is 1.46 bits per heavy atom. The number of rotatable bonds is 4. The first-order valence-electron chi connectivity index (χ1n) is 7.40. The van der Waals surface area contributed by atoms with Crippen molar-refractivity contribution in [2.45, 2.75) is 25.5 Å². The lowest BCUT2D eigenvalue weighted by atomic mass is 10.1. The third-order valence-corrected chi connectivity index (χ3v) is 3.75. The van der Waals surface area contributed by atoms with Crippen molar-refractivity contribution in [3.05, 3.63) is 29.8 Å². The van der Waals surface area contributed by atoms with Crippen LogP contribution in [0.3, 0.4) is 0 Å². The zero-order chi connectivity index (χ0) is 15.5. The van der Waals surface area contributed by atoms with Crippen LogP contribution in [0.15, 0.2) is 18.2 Å². The maximum absolute atomic E-state index is 13.1. The van der Waals surface area contributed by atoms with Gasteiger partial charge in [0.15, 0.2) is 0 Å². The van der Waals surface area contributed by atoms with Gasteiger partial charge in [-0.05, 0) is 25.1 Å². The van der Waals surface area contributed by atoms with Crippen molar-refractivity contribution in [2.24, 2.45) is 0 Å². The smallest absolute Gasteiger partial charge is 0.239 e. The Labute approximate surface area is 151 Å². The number of carbonyl (C=O) groups is 1. The molecule has 1 aromatic heterocycles. The first kappa shape index (κ1) is 20.6. The van der Waals surface area contributed by atoms with Crippen molar-refractivity contribution in [3.63, 3.8) is 0 Å². The molecule has 3 rings (SSSR count). The van der Waals surface area contributed by atoms with Gasteiger partial charge in [0.1, 0.15) is 17.7 Å². The fraction of sp³-hybridized carbons (Fsp3) is 0.467. The summed E-state index contributed by atoms with van der Waals surface area (Å²) in [4.78, 5) is 19.5. The Bertz CT molecular complexity index is 683. The summed E-state index contributed by atoms with van der Waals surface area (Å²) in [7, 11) is 0. The topological polar surface area (TPSA) is 79.0 Å². The molecular weight excluding hydrogens is 358 g/mol. The average Bonchev–Trinajstić information content (AvgIpc) is 2.89. The van der Waals surface area contributed by atoms with Gasteiger partial charge in [-0.15, -0.1) is 24.8 Å². The number of aromatic nitrogens is 2. The van der Waals surface area contributed by atoms with Crippen molar-refractivity contribution in [2.75, 3.05) is 19.7 Å². The SMILES string of the molecule is C[C@H]1OCCN[C@@H]1C(=O)NCCc1nc2ccc(F)cc2[nH]1.Cl.Cl. The molecule has 1 saturated heterocycles. The monoisotopic (exact) mass is 378 g/mol. The van der Waals surface area contributed by atoms with E-state index in [4.69, 9.17) is 4.74 Å².